The maximum atomic E-state index is 12.8. The minimum absolute atomic E-state index is 0.0379. The lowest BCUT2D eigenvalue weighted by Gasteiger charge is -2.39. The summed E-state index contributed by atoms with van der Waals surface area (Å²) < 4.78 is 5.72. The molecule has 2 saturated heterocycles. The normalized spacial score (nSPS) is 24.6. The van der Waals surface area contributed by atoms with Crippen LogP contribution in [0, 0.1) is 12.8 Å². The van der Waals surface area contributed by atoms with Gasteiger partial charge in [0.25, 0.3) is 0 Å². The molecule has 2 fully saturated rings. The molecule has 5 nitrogen and oxygen atoms in total. The van der Waals surface area contributed by atoms with Crippen molar-refractivity contribution in [3.05, 3.63) is 35.4 Å². The Morgan fingerprint density at radius 2 is 1.58 bits per heavy atom. The van der Waals surface area contributed by atoms with Gasteiger partial charge in [-0.25, -0.2) is 0 Å². The highest BCUT2D eigenvalue weighted by atomic mass is 16.5. The molecule has 2 heterocycles. The molecule has 0 aliphatic carbocycles. The Morgan fingerprint density at radius 1 is 1.00 bits per heavy atom. The van der Waals surface area contributed by atoms with Gasteiger partial charge in [0, 0.05) is 32.1 Å². The number of benzene rings is 1. The summed E-state index contributed by atoms with van der Waals surface area (Å²) in [4.78, 5) is 29.2. The van der Waals surface area contributed by atoms with Crippen LogP contribution in [0.1, 0.15) is 37.8 Å². The predicted molar refractivity (Wildman–Crippen MR) is 101 cm³/mol. The third kappa shape index (κ3) is 4.64. The van der Waals surface area contributed by atoms with Crippen LogP contribution in [-0.4, -0.2) is 60.0 Å². The number of carbonyl (C=O) groups is 2. The van der Waals surface area contributed by atoms with Crippen LogP contribution in [0.15, 0.2) is 24.3 Å². The average molecular weight is 358 g/mol. The van der Waals surface area contributed by atoms with E-state index >= 15 is 0 Å². The van der Waals surface area contributed by atoms with Crippen molar-refractivity contribution in [2.45, 2.75) is 52.2 Å². The number of carbonyl (C=O) groups excluding carboxylic acids is 2. The van der Waals surface area contributed by atoms with E-state index in [4.69, 9.17) is 4.74 Å². The van der Waals surface area contributed by atoms with Gasteiger partial charge in [-0.1, -0.05) is 29.8 Å². The standard InChI is InChI=1S/C21H30N2O3/c1-15-4-6-18(7-5-15)12-20(24)22-10-8-19(9-11-22)21(25)23-13-16(2)26-17(3)14-23/h4-7,16-17,19H,8-14H2,1-3H3. The molecule has 2 amide bonds. The van der Waals surface area contributed by atoms with E-state index in [-0.39, 0.29) is 29.9 Å². The summed E-state index contributed by atoms with van der Waals surface area (Å²) in [6.45, 7) is 8.78. The van der Waals surface area contributed by atoms with Crippen molar-refractivity contribution < 1.29 is 14.3 Å². The van der Waals surface area contributed by atoms with Crippen LogP contribution in [0.2, 0.25) is 0 Å². The van der Waals surface area contributed by atoms with Gasteiger partial charge in [-0.3, -0.25) is 9.59 Å². The monoisotopic (exact) mass is 358 g/mol. The zero-order chi connectivity index (χ0) is 18.7. The second kappa shape index (κ2) is 8.21. The van der Waals surface area contributed by atoms with E-state index in [0.717, 1.165) is 18.4 Å². The number of ether oxygens (including phenoxy) is 1. The van der Waals surface area contributed by atoms with Gasteiger partial charge in [0.2, 0.25) is 11.8 Å². The lowest BCUT2D eigenvalue weighted by Crippen LogP contribution is -2.51. The van der Waals surface area contributed by atoms with E-state index in [2.05, 4.69) is 0 Å². The van der Waals surface area contributed by atoms with Crippen molar-refractivity contribution in [3.63, 3.8) is 0 Å². The smallest absolute Gasteiger partial charge is 0.226 e. The first kappa shape index (κ1) is 18.9. The Balaban J connectivity index is 1.49. The van der Waals surface area contributed by atoms with E-state index in [1.54, 1.807) is 0 Å². The molecule has 0 bridgehead atoms. The van der Waals surface area contributed by atoms with Gasteiger partial charge < -0.3 is 14.5 Å². The number of amides is 2. The molecule has 2 unspecified atom stereocenters. The van der Waals surface area contributed by atoms with Crippen molar-refractivity contribution in [1.82, 2.24) is 9.80 Å². The Labute approximate surface area is 156 Å². The highest BCUT2D eigenvalue weighted by Gasteiger charge is 2.33. The van der Waals surface area contributed by atoms with Gasteiger partial charge >= 0.3 is 0 Å². The first-order valence-electron chi connectivity index (χ1n) is 9.70. The number of aryl methyl sites for hydroxylation is 1. The molecule has 2 aliphatic heterocycles. The Bertz CT molecular complexity index is 625. The first-order valence-corrected chi connectivity index (χ1v) is 9.70. The predicted octanol–water partition coefficient (Wildman–Crippen LogP) is 2.41. The largest absolute Gasteiger partial charge is 0.372 e. The number of hydrogen-bond donors (Lipinski definition) is 0. The molecular weight excluding hydrogens is 328 g/mol. The number of likely N-dealkylation sites (tertiary alicyclic amines) is 1. The molecule has 3 rings (SSSR count). The minimum Gasteiger partial charge on any atom is -0.372 e. The van der Waals surface area contributed by atoms with Crippen LogP contribution in [0.5, 0.6) is 0 Å². The Morgan fingerprint density at radius 3 is 2.15 bits per heavy atom. The van der Waals surface area contributed by atoms with Crippen molar-refractivity contribution >= 4 is 11.8 Å². The van der Waals surface area contributed by atoms with Crippen molar-refractivity contribution in [1.29, 1.82) is 0 Å². The van der Waals surface area contributed by atoms with E-state index in [0.29, 0.717) is 32.6 Å². The molecule has 0 aromatic heterocycles. The molecule has 26 heavy (non-hydrogen) atoms. The van der Waals surface area contributed by atoms with Gasteiger partial charge in [0.15, 0.2) is 0 Å². The van der Waals surface area contributed by atoms with Gasteiger partial charge in [-0.15, -0.1) is 0 Å². The van der Waals surface area contributed by atoms with E-state index in [1.165, 1.54) is 5.56 Å². The second-order valence-corrected chi connectivity index (χ2v) is 7.82. The summed E-state index contributed by atoms with van der Waals surface area (Å²) in [6, 6.07) is 8.12. The van der Waals surface area contributed by atoms with Crippen LogP contribution in [0.25, 0.3) is 0 Å². The zero-order valence-corrected chi connectivity index (χ0v) is 16.1. The Hall–Kier alpha value is -1.88. The average Bonchev–Trinajstić information content (AvgIpc) is 2.62. The fourth-order valence-electron chi connectivity index (χ4n) is 3.98. The quantitative estimate of drug-likeness (QED) is 0.834. The molecule has 0 saturated carbocycles. The SMILES string of the molecule is Cc1ccc(CC(=O)N2CCC(C(=O)N3CC(C)OC(C)C3)CC2)cc1. The van der Waals surface area contributed by atoms with E-state index < -0.39 is 0 Å². The summed E-state index contributed by atoms with van der Waals surface area (Å²) in [5, 5.41) is 0. The van der Waals surface area contributed by atoms with Crippen LogP contribution in [-0.2, 0) is 20.7 Å². The molecule has 2 atom stereocenters. The van der Waals surface area contributed by atoms with Gasteiger partial charge in [-0.2, -0.15) is 0 Å². The molecular formula is C21H30N2O3. The van der Waals surface area contributed by atoms with E-state index in [1.807, 2.05) is 54.8 Å². The fourth-order valence-corrected chi connectivity index (χ4v) is 3.98. The summed E-state index contributed by atoms with van der Waals surface area (Å²) >= 11 is 0. The molecule has 1 aromatic carbocycles. The van der Waals surface area contributed by atoms with Gasteiger partial charge in [0.05, 0.1) is 18.6 Å². The second-order valence-electron chi connectivity index (χ2n) is 7.82. The topological polar surface area (TPSA) is 49.9 Å². The third-order valence-corrected chi connectivity index (χ3v) is 5.40. The highest BCUT2D eigenvalue weighted by Crippen LogP contribution is 2.23. The molecule has 0 spiro atoms. The number of hydrogen-bond acceptors (Lipinski definition) is 3. The van der Waals surface area contributed by atoms with Gasteiger partial charge in [-0.05, 0) is 39.2 Å². The Kier molecular flexibility index (Phi) is 5.97. The summed E-state index contributed by atoms with van der Waals surface area (Å²) in [5.41, 5.74) is 2.25. The summed E-state index contributed by atoms with van der Waals surface area (Å²) in [7, 11) is 0. The zero-order valence-electron chi connectivity index (χ0n) is 16.1. The lowest BCUT2D eigenvalue weighted by atomic mass is 9.94. The molecule has 1 aromatic rings. The van der Waals surface area contributed by atoms with Crippen LogP contribution in [0.3, 0.4) is 0 Å². The molecule has 5 heteroatoms. The number of morpholine rings is 1. The molecule has 0 N–H and O–H groups in total. The van der Waals surface area contributed by atoms with Crippen LogP contribution in [0.4, 0.5) is 0 Å². The van der Waals surface area contributed by atoms with Crippen molar-refractivity contribution in [2.75, 3.05) is 26.2 Å². The van der Waals surface area contributed by atoms with Crippen LogP contribution >= 0.6 is 0 Å². The van der Waals surface area contributed by atoms with Crippen molar-refractivity contribution in [2.24, 2.45) is 5.92 Å². The highest BCUT2D eigenvalue weighted by molar-refractivity contribution is 5.81. The summed E-state index contributed by atoms with van der Waals surface area (Å²) in [6.07, 6.45) is 2.16. The van der Waals surface area contributed by atoms with Crippen molar-refractivity contribution in [3.8, 4) is 0 Å². The summed E-state index contributed by atoms with van der Waals surface area (Å²) in [5.74, 6) is 0.432. The van der Waals surface area contributed by atoms with Crippen LogP contribution < -0.4 is 0 Å². The first-order chi connectivity index (χ1) is 12.4. The number of rotatable bonds is 3. The number of piperidine rings is 1. The fraction of sp³-hybridized carbons (Fsp3) is 0.619. The maximum Gasteiger partial charge on any atom is 0.226 e. The maximum absolute atomic E-state index is 12.8. The third-order valence-electron chi connectivity index (χ3n) is 5.40. The molecule has 0 radical (unpaired) electrons. The number of nitrogens with zero attached hydrogens (tertiary/aromatic N) is 2. The molecule has 2 aliphatic rings. The lowest BCUT2D eigenvalue weighted by molar-refractivity contribution is -0.150. The molecule has 142 valence electrons. The van der Waals surface area contributed by atoms with E-state index in [9.17, 15) is 9.59 Å². The van der Waals surface area contributed by atoms with Gasteiger partial charge in [0.1, 0.15) is 0 Å². The minimum atomic E-state index is 0.0379.